The number of carbonyl (C=O) groups is 1. The molecule has 1 amide bonds. The molecule has 7 heteroatoms. The van der Waals surface area contributed by atoms with Crippen molar-refractivity contribution in [3.8, 4) is 0 Å². The van der Waals surface area contributed by atoms with Crippen molar-refractivity contribution in [1.82, 2.24) is 15.3 Å². The Kier molecular flexibility index (Phi) is 7.66. The lowest BCUT2D eigenvalue weighted by molar-refractivity contribution is 0.0938. The van der Waals surface area contributed by atoms with E-state index in [2.05, 4.69) is 58.4 Å². The maximum atomic E-state index is 12.9. The van der Waals surface area contributed by atoms with Gasteiger partial charge in [-0.25, -0.2) is 4.98 Å². The van der Waals surface area contributed by atoms with E-state index in [1.54, 1.807) is 6.20 Å². The van der Waals surface area contributed by atoms with Crippen molar-refractivity contribution in [2.45, 2.75) is 45.6 Å². The van der Waals surface area contributed by atoms with Crippen molar-refractivity contribution in [2.75, 3.05) is 24.5 Å². The summed E-state index contributed by atoms with van der Waals surface area (Å²) in [5.74, 6) is -0.0431. The number of hydrogen-bond acceptors (Lipinski definition) is 5. The summed E-state index contributed by atoms with van der Waals surface area (Å²) in [5.41, 5.74) is 8.06. The lowest BCUT2D eigenvalue weighted by Crippen LogP contribution is -2.36. The fourth-order valence-corrected chi connectivity index (χ4v) is 4.47. The smallest absolute Gasteiger partial charge is 0.263 e. The minimum atomic E-state index is -0.0431. The van der Waals surface area contributed by atoms with Crippen LogP contribution in [0.25, 0.3) is 10.9 Å². The minimum Gasteiger partial charge on any atom is -0.361 e. The molecule has 156 valence electrons. The topological polar surface area (TPSA) is 87.0 Å². The van der Waals surface area contributed by atoms with Gasteiger partial charge in [0, 0.05) is 42.8 Å². The van der Waals surface area contributed by atoms with E-state index in [1.165, 1.54) is 22.3 Å². The molecular weight excluding hydrogens is 382 g/mol. The zero-order valence-corrected chi connectivity index (χ0v) is 18.1. The van der Waals surface area contributed by atoms with Gasteiger partial charge in [0.15, 0.2) is 5.13 Å². The van der Waals surface area contributed by atoms with Crippen LogP contribution in [0, 0.1) is 0 Å². The molecule has 0 aliphatic rings. The average Bonchev–Trinajstić information content (AvgIpc) is 3.38. The van der Waals surface area contributed by atoms with Crippen LogP contribution in [-0.2, 0) is 6.42 Å². The number of benzene rings is 1. The van der Waals surface area contributed by atoms with Gasteiger partial charge in [-0.2, -0.15) is 0 Å². The Bertz CT molecular complexity index is 919. The van der Waals surface area contributed by atoms with Gasteiger partial charge in [-0.15, -0.1) is 0 Å². The third-order valence-corrected chi connectivity index (χ3v) is 6.21. The molecule has 3 aromatic rings. The third kappa shape index (κ3) is 5.36. The molecule has 6 nitrogen and oxygen atoms in total. The Hall–Kier alpha value is -2.38. The van der Waals surface area contributed by atoms with E-state index in [9.17, 15) is 4.79 Å². The van der Waals surface area contributed by atoms with Crippen LogP contribution in [0.1, 0.15) is 48.3 Å². The molecule has 0 spiro atoms. The third-order valence-electron chi connectivity index (χ3n) is 5.15. The maximum Gasteiger partial charge on any atom is 0.263 e. The number of amides is 1. The van der Waals surface area contributed by atoms with Gasteiger partial charge < -0.3 is 20.9 Å². The first-order valence-electron chi connectivity index (χ1n) is 10.4. The van der Waals surface area contributed by atoms with Gasteiger partial charge in [-0.05, 0) is 31.4 Å². The molecule has 2 aromatic heterocycles. The standard InChI is InChI=1S/C22H31N5OS/c1-3-5-8-17(13-16-14-24-19-10-7-6-9-18(16)19)26-21(28)20-15-25-22(29-20)27(4-2)12-11-23/h6-7,9-10,14-15,17,24H,3-5,8,11-13,23H2,1-2H3,(H,26,28). The molecule has 2 heterocycles. The zero-order valence-electron chi connectivity index (χ0n) is 17.3. The number of aromatic amines is 1. The molecule has 1 atom stereocenters. The quantitative estimate of drug-likeness (QED) is 0.444. The van der Waals surface area contributed by atoms with Crippen LogP contribution in [-0.4, -0.2) is 41.6 Å². The number of unbranched alkanes of at least 4 members (excludes halogenated alkanes) is 1. The molecule has 0 radical (unpaired) electrons. The number of H-pyrrole nitrogens is 1. The number of likely N-dealkylation sites (N-methyl/N-ethyl adjacent to an activating group) is 1. The number of hydrogen-bond donors (Lipinski definition) is 3. The normalized spacial score (nSPS) is 12.2. The Morgan fingerprint density at radius 1 is 1.34 bits per heavy atom. The maximum absolute atomic E-state index is 12.9. The fourth-order valence-electron chi connectivity index (χ4n) is 3.56. The lowest BCUT2D eigenvalue weighted by Gasteiger charge is -2.19. The highest BCUT2D eigenvalue weighted by Crippen LogP contribution is 2.24. The molecule has 0 fully saturated rings. The summed E-state index contributed by atoms with van der Waals surface area (Å²) < 4.78 is 0. The van der Waals surface area contributed by atoms with Crippen molar-refractivity contribution < 1.29 is 4.79 Å². The molecule has 0 saturated carbocycles. The molecule has 0 aliphatic heterocycles. The van der Waals surface area contributed by atoms with Crippen molar-refractivity contribution >= 4 is 33.3 Å². The van der Waals surface area contributed by atoms with Crippen molar-refractivity contribution in [2.24, 2.45) is 5.73 Å². The molecule has 0 bridgehead atoms. The number of nitrogens with zero attached hydrogens (tertiary/aromatic N) is 2. The van der Waals surface area contributed by atoms with Crippen LogP contribution < -0.4 is 16.0 Å². The number of fused-ring (bicyclic) bond motifs is 1. The molecule has 3 rings (SSSR count). The van der Waals surface area contributed by atoms with Gasteiger partial charge in [0.1, 0.15) is 4.88 Å². The summed E-state index contributed by atoms with van der Waals surface area (Å²) in [5, 5.41) is 5.33. The van der Waals surface area contributed by atoms with Gasteiger partial charge >= 0.3 is 0 Å². The van der Waals surface area contributed by atoms with Crippen molar-refractivity contribution in [1.29, 1.82) is 0 Å². The number of anilines is 1. The number of rotatable bonds is 11. The monoisotopic (exact) mass is 413 g/mol. The number of carbonyl (C=O) groups excluding carboxylic acids is 1. The molecule has 0 saturated heterocycles. The second-order valence-corrected chi connectivity index (χ2v) is 8.26. The van der Waals surface area contributed by atoms with Gasteiger partial charge in [0.05, 0.1) is 6.20 Å². The van der Waals surface area contributed by atoms with E-state index in [0.717, 1.165) is 49.4 Å². The summed E-state index contributed by atoms with van der Waals surface area (Å²) in [4.78, 5) is 23.4. The summed E-state index contributed by atoms with van der Waals surface area (Å²) >= 11 is 1.43. The van der Waals surface area contributed by atoms with Gasteiger partial charge in [-0.1, -0.05) is 49.3 Å². The van der Waals surface area contributed by atoms with Crippen LogP contribution in [0.3, 0.4) is 0 Å². The van der Waals surface area contributed by atoms with Crippen LogP contribution in [0.15, 0.2) is 36.7 Å². The predicted molar refractivity (Wildman–Crippen MR) is 122 cm³/mol. The second-order valence-electron chi connectivity index (χ2n) is 7.25. The van der Waals surface area contributed by atoms with Crippen molar-refractivity contribution in [3.63, 3.8) is 0 Å². The van der Waals surface area contributed by atoms with Gasteiger partial charge in [-0.3, -0.25) is 4.79 Å². The van der Waals surface area contributed by atoms with E-state index in [-0.39, 0.29) is 11.9 Å². The van der Waals surface area contributed by atoms with E-state index in [0.29, 0.717) is 11.4 Å². The van der Waals surface area contributed by atoms with Crippen LogP contribution in [0.4, 0.5) is 5.13 Å². The van der Waals surface area contributed by atoms with E-state index < -0.39 is 0 Å². The van der Waals surface area contributed by atoms with Gasteiger partial charge in [0.25, 0.3) is 5.91 Å². The Morgan fingerprint density at radius 2 is 2.17 bits per heavy atom. The number of nitrogens with one attached hydrogen (secondary N) is 2. The SMILES string of the molecule is CCCCC(Cc1c[nH]c2ccccc12)NC(=O)c1cnc(N(CC)CCN)s1. The molecule has 4 N–H and O–H groups in total. The van der Waals surface area contributed by atoms with Crippen LogP contribution in [0.2, 0.25) is 0 Å². The molecular formula is C22H31N5OS. The highest BCUT2D eigenvalue weighted by Gasteiger charge is 2.19. The van der Waals surface area contributed by atoms with Crippen LogP contribution >= 0.6 is 11.3 Å². The minimum absolute atomic E-state index is 0.0431. The number of nitrogens with two attached hydrogens (primary N) is 1. The van der Waals surface area contributed by atoms with Crippen molar-refractivity contribution in [3.05, 3.63) is 47.1 Å². The molecule has 29 heavy (non-hydrogen) atoms. The largest absolute Gasteiger partial charge is 0.361 e. The predicted octanol–water partition coefficient (Wildman–Crippen LogP) is 3.94. The summed E-state index contributed by atoms with van der Waals surface area (Å²) in [6.45, 7) is 6.38. The number of thiazole rings is 1. The second kappa shape index (κ2) is 10.4. The van der Waals surface area contributed by atoms with Crippen LogP contribution in [0.5, 0.6) is 0 Å². The first-order chi connectivity index (χ1) is 14.2. The molecule has 0 aliphatic carbocycles. The number of aromatic nitrogens is 2. The first-order valence-corrected chi connectivity index (χ1v) is 11.2. The van der Waals surface area contributed by atoms with E-state index in [4.69, 9.17) is 5.73 Å². The summed E-state index contributed by atoms with van der Waals surface area (Å²) in [7, 11) is 0. The molecule has 1 unspecified atom stereocenters. The van der Waals surface area contributed by atoms with E-state index in [1.807, 2.05) is 6.07 Å². The average molecular weight is 414 g/mol. The highest BCUT2D eigenvalue weighted by atomic mass is 32.1. The molecule has 1 aromatic carbocycles. The highest BCUT2D eigenvalue weighted by molar-refractivity contribution is 7.17. The van der Waals surface area contributed by atoms with Gasteiger partial charge in [0.2, 0.25) is 0 Å². The summed E-state index contributed by atoms with van der Waals surface area (Å²) in [6.07, 6.45) is 7.71. The number of para-hydroxylation sites is 1. The lowest BCUT2D eigenvalue weighted by atomic mass is 10.0. The first kappa shape index (κ1) is 21.3. The Labute approximate surface area is 176 Å². The summed E-state index contributed by atoms with van der Waals surface area (Å²) in [6, 6.07) is 8.40. The Balaban J connectivity index is 1.71. The van der Waals surface area contributed by atoms with E-state index >= 15 is 0 Å². The fraction of sp³-hybridized carbons (Fsp3) is 0.455. The Morgan fingerprint density at radius 3 is 2.93 bits per heavy atom. The zero-order chi connectivity index (χ0) is 20.6.